The lowest BCUT2D eigenvalue weighted by Gasteiger charge is -2.48. The molecule has 2 nitrogen and oxygen atoms in total. The summed E-state index contributed by atoms with van der Waals surface area (Å²) in [5.74, 6) is 0.930. The minimum atomic E-state index is 0.216. The molecule has 3 heteroatoms. The molecule has 1 aromatic rings. The fraction of sp³-hybridized carbons (Fsp3) is 0.765. The third-order valence-corrected chi connectivity index (χ3v) is 6.40. The maximum Gasteiger partial charge on any atom is 0.0595 e. The predicted octanol–water partition coefficient (Wildman–Crippen LogP) is 4.10. The molecule has 1 aromatic heterocycles. The number of piperidine rings is 1. The van der Waals surface area contributed by atoms with E-state index in [9.17, 15) is 0 Å². The van der Waals surface area contributed by atoms with E-state index in [2.05, 4.69) is 30.2 Å². The topological polar surface area (TPSA) is 29.3 Å². The van der Waals surface area contributed by atoms with Gasteiger partial charge in [-0.2, -0.15) is 0 Å². The van der Waals surface area contributed by atoms with E-state index >= 15 is 0 Å². The van der Waals surface area contributed by atoms with Crippen molar-refractivity contribution in [1.29, 1.82) is 0 Å². The highest BCUT2D eigenvalue weighted by molar-refractivity contribution is 7.10. The van der Waals surface area contributed by atoms with Gasteiger partial charge in [0.1, 0.15) is 0 Å². The van der Waals surface area contributed by atoms with Gasteiger partial charge in [-0.1, -0.05) is 12.8 Å². The number of fused-ring (bicyclic) bond motifs is 1. The van der Waals surface area contributed by atoms with E-state index in [4.69, 9.17) is 5.73 Å². The molecule has 0 amide bonds. The minimum Gasteiger partial charge on any atom is -0.326 e. The third kappa shape index (κ3) is 2.68. The quantitative estimate of drug-likeness (QED) is 0.909. The molecule has 112 valence electrons. The lowest BCUT2D eigenvalue weighted by molar-refractivity contribution is 0.0189. The van der Waals surface area contributed by atoms with Crippen LogP contribution in [0.15, 0.2) is 11.4 Å². The smallest absolute Gasteiger partial charge is 0.0595 e. The van der Waals surface area contributed by atoms with Gasteiger partial charge in [-0.05, 0) is 69.0 Å². The average molecular weight is 292 g/mol. The van der Waals surface area contributed by atoms with Crippen LogP contribution in [-0.2, 0) is 0 Å². The molecule has 20 heavy (non-hydrogen) atoms. The van der Waals surface area contributed by atoms with Gasteiger partial charge in [-0.25, -0.2) is 0 Å². The molecule has 2 unspecified atom stereocenters. The summed E-state index contributed by atoms with van der Waals surface area (Å²) >= 11 is 1.90. The zero-order valence-corrected chi connectivity index (χ0v) is 13.7. The van der Waals surface area contributed by atoms with Crippen LogP contribution >= 0.6 is 11.3 Å². The van der Waals surface area contributed by atoms with Crippen molar-refractivity contribution in [2.24, 2.45) is 11.7 Å². The second-order valence-electron chi connectivity index (χ2n) is 6.76. The van der Waals surface area contributed by atoms with Crippen molar-refractivity contribution in [3.05, 3.63) is 21.9 Å². The van der Waals surface area contributed by atoms with Crippen molar-refractivity contribution in [1.82, 2.24) is 4.90 Å². The first-order chi connectivity index (χ1) is 9.68. The number of nitrogens with two attached hydrogens (primary N) is 1. The van der Waals surface area contributed by atoms with Crippen LogP contribution in [-0.4, -0.2) is 23.5 Å². The molecule has 3 rings (SSSR count). The van der Waals surface area contributed by atoms with E-state index in [0.717, 1.165) is 12.0 Å². The summed E-state index contributed by atoms with van der Waals surface area (Å²) in [4.78, 5) is 4.28. The zero-order chi connectivity index (χ0) is 14.1. The standard InChI is InChI=1S/C17H28N2S/c1-12-9-11-20-17(12)16(13(2)18)19-10-5-7-14-6-3-4-8-15(14)19/h9,11,13-16H,3-8,10,18H2,1-2H3/t13?,14-,15-,16?/m1/s1. The van der Waals surface area contributed by atoms with Crippen molar-refractivity contribution in [2.45, 2.75) is 70.5 Å². The largest absolute Gasteiger partial charge is 0.326 e. The van der Waals surface area contributed by atoms with Crippen LogP contribution in [0.25, 0.3) is 0 Å². The van der Waals surface area contributed by atoms with E-state index in [1.54, 1.807) is 0 Å². The molecule has 1 aliphatic heterocycles. The Morgan fingerprint density at radius 2 is 2.00 bits per heavy atom. The number of rotatable bonds is 3. The van der Waals surface area contributed by atoms with E-state index < -0.39 is 0 Å². The Labute approximate surface area is 127 Å². The van der Waals surface area contributed by atoms with Crippen molar-refractivity contribution >= 4 is 11.3 Å². The molecule has 4 atom stereocenters. The second kappa shape index (κ2) is 6.17. The molecule has 2 N–H and O–H groups in total. The van der Waals surface area contributed by atoms with Gasteiger partial charge < -0.3 is 5.73 Å². The molecular formula is C17H28N2S. The van der Waals surface area contributed by atoms with Gasteiger partial charge in [0, 0.05) is 17.0 Å². The Morgan fingerprint density at radius 1 is 1.25 bits per heavy atom. The van der Waals surface area contributed by atoms with E-state index in [0.29, 0.717) is 6.04 Å². The van der Waals surface area contributed by atoms with Crippen LogP contribution in [0.4, 0.5) is 0 Å². The molecule has 2 fully saturated rings. The van der Waals surface area contributed by atoms with Gasteiger partial charge in [0.15, 0.2) is 0 Å². The van der Waals surface area contributed by atoms with Gasteiger partial charge in [-0.15, -0.1) is 11.3 Å². The lowest BCUT2D eigenvalue weighted by Crippen LogP contribution is -2.52. The summed E-state index contributed by atoms with van der Waals surface area (Å²) in [7, 11) is 0. The third-order valence-electron chi connectivity index (χ3n) is 5.31. The number of nitrogens with zero attached hydrogens (tertiary/aromatic N) is 1. The van der Waals surface area contributed by atoms with Gasteiger partial charge >= 0.3 is 0 Å². The Hall–Kier alpha value is -0.380. The highest BCUT2D eigenvalue weighted by Crippen LogP contribution is 2.41. The summed E-state index contributed by atoms with van der Waals surface area (Å²) < 4.78 is 0. The van der Waals surface area contributed by atoms with Gasteiger partial charge in [-0.3, -0.25) is 4.90 Å². The minimum absolute atomic E-state index is 0.216. The van der Waals surface area contributed by atoms with Crippen LogP contribution < -0.4 is 5.73 Å². The Balaban J connectivity index is 1.88. The summed E-state index contributed by atoms with van der Waals surface area (Å²) in [6, 6.07) is 3.68. The van der Waals surface area contributed by atoms with Crippen LogP contribution in [0.1, 0.15) is 61.9 Å². The fourth-order valence-electron chi connectivity index (χ4n) is 4.39. The number of likely N-dealkylation sites (tertiary alicyclic amines) is 1. The molecule has 0 spiro atoms. The van der Waals surface area contributed by atoms with Gasteiger partial charge in [0.25, 0.3) is 0 Å². The normalized spacial score (nSPS) is 30.8. The summed E-state index contributed by atoms with van der Waals surface area (Å²) in [5, 5.41) is 2.22. The Bertz CT molecular complexity index is 438. The maximum absolute atomic E-state index is 6.41. The average Bonchev–Trinajstić information content (AvgIpc) is 2.85. The fourth-order valence-corrected chi connectivity index (χ4v) is 5.55. The van der Waals surface area contributed by atoms with Crippen LogP contribution in [0.5, 0.6) is 0 Å². The van der Waals surface area contributed by atoms with Gasteiger partial charge in [0.2, 0.25) is 0 Å². The molecule has 1 saturated heterocycles. The van der Waals surface area contributed by atoms with Crippen molar-refractivity contribution in [3.8, 4) is 0 Å². The van der Waals surface area contributed by atoms with Crippen LogP contribution in [0.2, 0.25) is 0 Å². The summed E-state index contributed by atoms with van der Waals surface area (Å²) in [6.07, 6.45) is 8.47. The Kier molecular flexibility index (Phi) is 4.49. The number of hydrogen-bond donors (Lipinski definition) is 1. The van der Waals surface area contributed by atoms with E-state index in [-0.39, 0.29) is 6.04 Å². The lowest BCUT2D eigenvalue weighted by atomic mass is 9.77. The van der Waals surface area contributed by atoms with Crippen molar-refractivity contribution < 1.29 is 0 Å². The monoisotopic (exact) mass is 292 g/mol. The van der Waals surface area contributed by atoms with Crippen LogP contribution in [0, 0.1) is 12.8 Å². The first kappa shape index (κ1) is 14.6. The summed E-state index contributed by atoms with van der Waals surface area (Å²) in [6.45, 7) is 5.67. The molecule has 2 heterocycles. The number of hydrogen-bond acceptors (Lipinski definition) is 3. The SMILES string of the molecule is Cc1ccsc1C(C(C)N)N1CCC[C@H]2CCCC[C@H]21. The summed E-state index contributed by atoms with van der Waals surface area (Å²) in [5.41, 5.74) is 7.84. The second-order valence-corrected chi connectivity index (χ2v) is 7.71. The molecule has 1 aliphatic carbocycles. The predicted molar refractivity (Wildman–Crippen MR) is 87.1 cm³/mol. The molecule has 2 aliphatic rings. The number of aryl methyl sites for hydroxylation is 1. The van der Waals surface area contributed by atoms with Gasteiger partial charge in [0.05, 0.1) is 6.04 Å². The number of thiophene rings is 1. The van der Waals surface area contributed by atoms with Crippen molar-refractivity contribution in [3.63, 3.8) is 0 Å². The Morgan fingerprint density at radius 3 is 2.70 bits per heavy atom. The molecule has 0 bridgehead atoms. The zero-order valence-electron chi connectivity index (χ0n) is 12.8. The molecule has 1 saturated carbocycles. The molecule has 0 radical (unpaired) electrons. The highest BCUT2D eigenvalue weighted by atomic mass is 32.1. The van der Waals surface area contributed by atoms with Crippen molar-refractivity contribution in [2.75, 3.05) is 6.54 Å². The first-order valence-electron chi connectivity index (χ1n) is 8.24. The highest BCUT2D eigenvalue weighted by Gasteiger charge is 2.38. The van der Waals surface area contributed by atoms with E-state index in [1.165, 1.54) is 55.5 Å². The molecule has 0 aromatic carbocycles. The van der Waals surface area contributed by atoms with E-state index in [1.807, 2.05) is 11.3 Å². The first-order valence-corrected chi connectivity index (χ1v) is 9.11. The van der Waals surface area contributed by atoms with Crippen LogP contribution in [0.3, 0.4) is 0 Å². The molecular weight excluding hydrogens is 264 g/mol. The maximum atomic E-state index is 6.41.